The molecule has 0 atom stereocenters. The van der Waals surface area contributed by atoms with Crippen molar-refractivity contribution in [1.82, 2.24) is 10.2 Å². The number of carbonyl (C=O) groups excluding carboxylic acids is 2. The summed E-state index contributed by atoms with van der Waals surface area (Å²) in [7, 11) is 3.23. The van der Waals surface area contributed by atoms with Crippen LogP contribution in [0.15, 0.2) is 0 Å². The first kappa shape index (κ1) is 11.3. The van der Waals surface area contributed by atoms with Gasteiger partial charge >= 0.3 is 0 Å². The Morgan fingerprint density at radius 2 is 2.08 bits per heavy atom. The molecule has 70 valence electrons. The predicted octanol–water partition coefficient (Wildman–Crippen LogP) is -0.489. The quantitative estimate of drug-likeness (QED) is 0.588. The Balaban J connectivity index is 3.63. The van der Waals surface area contributed by atoms with Gasteiger partial charge in [-0.3, -0.25) is 9.59 Å². The van der Waals surface area contributed by atoms with E-state index in [4.69, 9.17) is 0 Å². The van der Waals surface area contributed by atoms with E-state index in [0.29, 0.717) is 13.0 Å². The highest BCUT2D eigenvalue weighted by molar-refractivity contribution is 7.81. The molecular weight excluding hydrogens is 176 g/mol. The summed E-state index contributed by atoms with van der Waals surface area (Å²) in [6.45, 7) is 0.444. The molecule has 0 heterocycles. The van der Waals surface area contributed by atoms with E-state index in [0.717, 1.165) is 0 Å². The van der Waals surface area contributed by atoms with Crippen LogP contribution in [-0.2, 0) is 9.59 Å². The number of carbonyl (C=O) groups is 2. The third-order valence-corrected chi connectivity index (χ3v) is 1.78. The number of nitrogens with one attached hydrogen (secondary N) is 1. The highest BCUT2D eigenvalue weighted by Crippen LogP contribution is 1.90. The van der Waals surface area contributed by atoms with Gasteiger partial charge in [0.2, 0.25) is 11.8 Å². The fourth-order valence-corrected chi connectivity index (χ4v) is 0.881. The molecule has 5 heteroatoms. The Bertz CT molecular complexity index is 173. The summed E-state index contributed by atoms with van der Waals surface area (Å²) < 4.78 is 0. The second kappa shape index (κ2) is 5.88. The number of amides is 2. The molecule has 0 saturated carbocycles. The van der Waals surface area contributed by atoms with Gasteiger partial charge in [0.1, 0.15) is 0 Å². The predicted molar refractivity (Wildman–Crippen MR) is 50.2 cm³/mol. The van der Waals surface area contributed by atoms with Crippen LogP contribution in [0.5, 0.6) is 0 Å². The SMILES string of the molecule is CNC(=O)CCN(C)C(=O)CS. The smallest absolute Gasteiger partial charge is 0.232 e. The summed E-state index contributed by atoms with van der Waals surface area (Å²) in [6.07, 6.45) is 0.340. The van der Waals surface area contributed by atoms with Crippen LogP contribution >= 0.6 is 12.6 Å². The minimum atomic E-state index is -0.0674. The van der Waals surface area contributed by atoms with Gasteiger partial charge in [0.25, 0.3) is 0 Å². The molecule has 0 saturated heterocycles. The first-order chi connectivity index (χ1) is 5.61. The van der Waals surface area contributed by atoms with Gasteiger partial charge in [-0.2, -0.15) is 12.6 Å². The lowest BCUT2D eigenvalue weighted by Gasteiger charge is -2.14. The summed E-state index contributed by atoms with van der Waals surface area (Å²) >= 11 is 3.83. The lowest BCUT2D eigenvalue weighted by atomic mass is 10.4. The zero-order valence-electron chi connectivity index (χ0n) is 7.33. The fraction of sp³-hybridized carbons (Fsp3) is 0.714. The van der Waals surface area contributed by atoms with E-state index in [1.807, 2.05) is 0 Å². The number of rotatable bonds is 4. The van der Waals surface area contributed by atoms with E-state index in [1.165, 1.54) is 4.90 Å². The molecule has 12 heavy (non-hydrogen) atoms. The van der Waals surface area contributed by atoms with Crippen LogP contribution in [0.2, 0.25) is 0 Å². The molecule has 0 rings (SSSR count). The van der Waals surface area contributed by atoms with Gasteiger partial charge < -0.3 is 10.2 Å². The van der Waals surface area contributed by atoms with Gasteiger partial charge in [-0.25, -0.2) is 0 Å². The molecule has 0 aliphatic heterocycles. The topological polar surface area (TPSA) is 49.4 Å². The molecular formula is C7H14N2O2S. The van der Waals surface area contributed by atoms with Crippen molar-refractivity contribution in [1.29, 1.82) is 0 Å². The van der Waals surface area contributed by atoms with E-state index in [2.05, 4.69) is 17.9 Å². The Labute approximate surface area is 77.7 Å². The van der Waals surface area contributed by atoms with Gasteiger partial charge in [-0.05, 0) is 0 Å². The van der Waals surface area contributed by atoms with Crippen LogP contribution < -0.4 is 5.32 Å². The van der Waals surface area contributed by atoms with Crippen LogP contribution in [0.3, 0.4) is 0 Å². The maximum atomic E-state index is 10.9. The first-order valence-corrected chi connectivity index (χ1v) is 4.30. The summed E-state index contributed by atoms with van der Waals surface area (Å²) in [5, 5.41) is 2.48. The van der Waals surface area contributed by atoms with Gasteiger partial charge in [0.15, 0.2) is 0 Å². The van der Waals surface area contributed by atoms with Crippen molar-refractivity contribution in [2.75, 3.05) is 26.4 Å². The minimum Gasteiger partial charge on any atom is -0.359 e. The third kappa shape index (κ3) is 4.23. The van der Waals surface area contributed by atoms with E-state index >= 15 is 0 Å². The molecule has 0 fully saturated rings. The van der Waals surface area contributed by atoms with E-state index in [9.17, 15) is 9.59 Å². The average molecular weight is 190 g/mol. The minimum absolute atomic E-state index is 0.0613. The van der Waals surface area contributed by atoms with Crippen LogP contribution in [0.25, 0.3) is 0 Å². The number of nitrogens with zero attached hydrogens (tertiary/aromatic N) is 1. The molecule has 0 radical (unpaired) electrons. The van der Waals surface area contributed by atoms with Crippen molar-refractivity contribution in [3.63, 3.8) is 0 Å². The van der Waals surface area contributed by atoms with E-state index in [-0.39, 0.29) is 17.6 Å². The van der Waals surface area contributed by atoms with Gasteiger partial charge in [0.05, 0.1) is 5.75 Å². The molecule has 2 amide bonds. The van der Waals surface area contributed by atoms with E-state index < -0.39 is 0 Å². The first-order valence-electron chi connectivity index (χ1n) is 3.67. The molecule has 1 N–H and O–H groups in total. The Morgan fingerprint density at radius 3 is 2.50 bits per heavy atom. The maximum absolute atomic E-state index is 10.9. The highest BCUT2D eigenvalue weighted by atomic mass is 32.1. The summed E-state index contributed by atoms with van der Waals surface area (Å²) in [6, 6.07) is 0. The molecule has 4 nitrogen and oxygen atoms in total. The zero-order chi connectivity index (χ0) is 9.56. The molecule has 0 aliphatic rings. The molecule has 0 unspecified atom stereocenters. The Morgan fingerprint density at radius 1 is 1.50 bits per heavy atom. The van der Waals surface area contributed by atoms with Crippen LogP contribution in [0.4, 0.5) is 0 Å². The van der Waals surface area contributed by atoms with Crippen molar-refractivity contribution >= 4 is 24.4 Å². The fourth-order valence-electron chi connectivity index (χ4n) is 0.640. The number of thiol groups is 1. The molecule has 0 aromatic heterocycles. The van der Waals surface area contributed by atoms with Gasteiger partial charge in [0, 0.05) is 27.1 Å². The summed E-state index contributed by atoms with van der Waals surface area (Å²) in [4.78, 5) is 23.2. The highest BCUT2D eigenvalue weighted by Gasteiger charge is 2.07. The van der Waals surface area contributed by atoms with Crippen molar-refractivity contribution in [2.24, 2.45) is 0 Å². The molecule has 0 aliphatic carbocycles. The Kier molecular flexibility index (Phi) is 5.53. The van der Waals surface area contributed by atoms with E-state index in [1.54, 1.807) is 14.1 Å². The zero-order valence-corrected chi connectivity index (χ0v) is 8.23. The monoisotopic (exact) mass is 190 g/mol. The van der Waals surface area contributed by atoms with Crippen LogP contribution in [0, 0.1) is 0 Å². The molecule has 0 bridgehead atoms. The van der Waals surface area contributed by atoms with Crippen molar-refractivity contribution in [3.05, 3.63) is 0 Å². The third-order valence-electron chi connectivity index (χ3n) is 1.51. The number of hydrogen-bond acceptors (Lipinski definition) is 3. The lowest BCUT2D eigenvalue weighted by Crippen LogP contribution is -2.32. The molecule has 0 spiro atoms. The normalized spacial score (nSPS) is 9.25. The molecule has 0 aromatic carbocycles. The second-order valence-corrected chi connectivity index (χ2v) is 2.71. The van der Waals surface area contributed by atoms with Crippen LogP contribution in [0.1, 0.15) is 6.42 Å². The lowest BCUT2D eigenvalue weighted by molar-refractivity contribution is -0.127. The Hall–Kier alpha value is -0.710. The summed E-state index contributed by atoms with van der Waals surface area (Å²) in [5.74, 6) is 0.0561. The van der Waals surface area contributed by atoms with Crippen molar-refractivity contribution in [2.45, 2.75) is 6.42 Å². The molecule has 0 aromatic rings. The van der Waals surface area contributed by atoms with Gasteiger partial charge in [-0.15, -0.1) is 0 Å². The van der Waals surface area contributed by atoms with Crippen molar-refractivity contribution < 1.29 is 9.59 Å². The van der Waals surface area contributed by atoms with Crippen LogP contribution in [-0.4, -0.2) is 43.1 Å². The summed E-state index contributed by atoms with van der Waals surface area (Å²) in [5.41, 5.74) is 0. The second-order valence-electron chi connectivity index (χ2n) is 2.40. The average Bonchev–Trinajstić information content (AvgIpc) is 2.11. The maximum Gasteiger partial charge on any atom is 0.232 e. The largest absolute Gasteiger partial charge is 0.359 e. The number of hydrogen-bond donors (Lipinski definition) is 2. The van der Waals surface area contributed by atoms with Crippen molar-refractivity contribution in [3.8, 4) is 0 Å². The standard InChI is InChI=1S/C7H14N2O2S/c1-8-6(10)3-4-9(2)7(11)5-12/h12H,3-5H2,1-2H3,(H,8,10). The van der Waals surface area contributed by atoms with Gasteiger partial charge in [-0.1, -0.05) is 0 Å².